The number of nitrogens with one attached hydrogen (secondary N) is 3. The van der Waals surface area contributed by atoms with Crippen molar-refractivity contribution in [3.8, 4) is 0 Å². The number of urea groups is 1. The Morgan fingerprint density at radius 1 is 0.917 bits per heavy atom. The summed E-state index contributed by atoms with van der Waals surface area (Å²) in [6.45, 7) is 3.61. The van der Waals surface area contributed by atoms with Crippen molar-refractivity contribution in [2.75, 3.05) is 16.0 Å². The second kappa shape index (κ2) is 8.04. The number of carbonyl (C=O) groups is 2. The number of benzene rings is 2. The van der Waals surface area contributed by atoms with Gasteiger partial charge in [0.2, 0.25) is 5.91 Å². The predicted octanol–water partition coefficient (Wildman–Crippen LogP) is 5.23. The molecule has 0 heterocycles. The van der Waals surface area contributed by atoms with Gasteiger partial charge >= 0.3 is 6.03 Å². The van der Waals surface area contributed by atoms with Crippen LogP contribution in [-0.4, -0.2) is 11.9 Å². The van der Waals surface area contributed by atoms with Crippen LogP contribution in [0.15, 0.2) is 42.5 Å². The van der Waals surface area contributed by atoms with E-state index in [0.29, 0.717) is 27.1 Å². The molecule has 0 aliphatic carbocycles. The minimum Gasteiger partial charge on any atom is -0.326 e. The van der Waals surface area contributed by atoms with E-state index in [1.54, 1.807) is 56.3 Å². The molecule has 0 spiro atoms. The maximum atomic E-state index is 12.1. The molecule has 24 heavy (non-hydrogen) atoms. The fourth-order valence-electron chi connectivity index (χ4n) is 1.84. The first kappa shape index (κ1) is 18.1. The summed E-state index contributed by atoms with van der Waals surface area (Å²) in [7, 11) is 0. The van der Waals surface area contributed by atoms with Crippen LogP contribution in [0.5, 0.6) is 0 Å². The van der Waals surface area contributed by atoms with Crippen molar-refractivity contribution >= 4 is 52.2 Å². The van der Waals surface area contributed by atoms with E-state index in [1.807, 2.05) is 0 Å². The number of carbonyl (C=O) groups excluding carboxylic acids is 2. The fraction of sp³-hybridized carbons (Fsp3) is 0.176. The Morgan fingerprint density at radius 2 is 1.58 bits per heavy atom. The quantitative estimate of drug-likeness (QED) is 0.693. The van der Waals surface area contributed by atoms with E-state index in [9.17, 15) is 9.59 Å². The largest absolute Gasteiger partial charge is 0.326 e. The summed E-state index contributed by atoms with van der Waals surface area (Å²) < 4.78 is 0. The first-order valence-corrected chi connectivity index (χ1v) is 8.04. The van der Waals surface area contributed by atoms with E-state index >= 15 is 0 Å². The molecule has 0 aliphatic heterocycles. The molecule has 0 aromatic heterocycles. The van der Waals surface area contributed by atoms with Gasteiger partial charge in [0.15, 0.2) is 0 Å². The summed E-state index contributed by atoms with van der Waals surface area (Å²) in [6, 6.07) is 11.2. The van der Waals surface area contributed by atoms with Gasteiger partial charge in [0.1, 0.15) is 0 Å². The molecule has 0 radical (unpaired) electrons. The van der Waals surface area contributed by atoms with Crippen LogP contribution in [0.25, 0.3) is 0 Å². The second-order valence-corrected chi connectivity index (χ2v) is 6.27. The van der Waals surface area contributed by atoms with Crippen LogP contribution in [-0.2, 0) is 4.79 Å². The number of hydrogen-bond acceptors (Lipinski definition) is 2. The van der Waals surface area contributed by atoms with Crippen LogP contribution < -0.4 is 16.0 Å². The van der Waals surface area contributed by atoms with E-state index in [0.717, 1.165) is 0 Å². The average Bonchev–Trinajstić information content (AvgIpc) is 2.50. The summed E-state index contributed by atoms with van der Waals surface area (Å²) >= 11 is 11.8. The van der Waals surface area contributed by atoms with E-state index in [2.05, 4.69) is 16.0 Å². The topological polar surface area (TPSA) is 70.2 Å². The minimum atomic E-state index is -0.452. The van der Waals surface area contributed by atoms with E-state index in [4.69, 9.17) is 23.2 Å². The van der Waals surface area contributed by atoms with Gasteiger partial charge in [-0.3, -0.25) is 4.79 Å². The van der Waals surface area contributed by atoms with Crippen molar-refractivity contribution in [3.63, 3.8) is 0 Å². The Labute approximate surface area is 150 Å². The third-order valence-electron chi connectivity index (χ3n) is 3.09. The lowest BCUT2D eigenvalue weighted by molar-refractivity contribution is -0.118. The number of amides is 3. The lowest BCUT2D eigenvalue weighted by Crippen LogP contribution is -2.20. The van der Waals surface area contributed by atoms with Crippen molar-refractivity contribution in [3.05, 3.63) is 52.5 Å². The Balaban J connectivity index is 2.02. The molecule has 3 N–H and O–H groups in total. The smallest absolute Gasteiger partial charge is 0.323 e. The first-order valence-electron chi connectivity index (χ1n) is 7.29. The van der Waals surface area contributed by atoms with Gasteiger partial charge in [-0.15, -0.1) is 0 Å². The monoisotopic (exact) mass is 365 g/mol. The SMILES string of the molecule is CC(C)C(=O)Nc1cccc(NC(=O)Nc2ccc(Cl)cc2Cl)c1. The Bertz CT molecular complexity index is 763. The minimum absolute atomic E-state index is 0.0930. The van der Waals surface area contributed by atoms with Crippen LogP contribution >= 0.6 is 23.2 Å². The van der Waals surface area contributed by atoms with Crippen molar-refractivity contribution in [2.24, 2.45) is 5.92 Å². The van der Waals surface area contributed by atoms with Crippen LogP contribution in [0, 0.1) is 5.92 Å². The summed E-state index contributed by atoms with van der Waals surface area (Å²) in [5.74, 6) is -0.221. The second-order valence-electron chi connectivity index (χ2n) is 5.43. The highest BCUT2D eigenvalue weighted by atomic mass is 35.5. The lowest BCUT2D eigenvalue weighted by atomic mass is 10.2. The predicted molar refractivity (Wildman–Crippen MR) is 99.0 cm³/mol. The summed E-state index contributed by atoms with van der Waals surface area (Å²) in [4.78, 5) is 23.8. The van der Waals surface area contributed by atoms with Gasteiger partial charge in [-0.2, -0.15) is 0 Å². The zero-order chi connectivity index (χ0) is 17.7. The Hall–Kier alpha value is -2.24. The van der Waals surface area contributed by atoms with Crippen LogP contribution in [0.1, 0.15) is 13.8 Å². The molecule has 0 saturated carbocycles. The summed E-state index contributed by atoms with van der Waals surface area (Å²) in [5.41, 5.74) is 1.60. The van der Waals surface area contributed by atoms with Gasteiger partial charge in [-0.25, -0.2) is 4.79 Å². The molecule has 2 aromatic rings. The van der Waals surface area contributed by atoms with Gasteiger partial charge in [-0.05, 0) is 36.4 Å². The van der Waals surface area contributed by atoms with Crippen molar-refractivity contribution in [2.45, 2.75) is 13.8 Å². The number of rotatable bonds is 4. The Morgan fingerprint density at radius 3 is 2.21 bits per heavy atom. The van der Waals surface area contributed by atoms with Gasteiger partial charge in [0.05, 0.1) is 10.7 Å². The average molecular weight is 366 g/mol. The standard InChI is InChI=1S/C17H17Cl2N3O2/c1-10(2)16(23)20-12-4-3-5-13(9-12)21-17(24)22-15-7-6-11(18)8-14(15)19/h3-10H,1-2H3,(H,20,23)(H2,21,22,24). The highest BCUT2D eigenvalue weighted by Gasteiger charge is 2.09. The molecular weight excluding hydrogens is 349 g/mol. The zero-order valence-corrected chi connectivity index (χ0v) is 14.7. The third kappa shape index (κ3) is 5.15. The van der Waals surface area contributed by atoms with Gasteiger partial charge in [0, 0.05) is 22.3 Å². The fourth-order valence-corrected chi connectivity index (χ4v) is 2.29. The van der Waals surface area contributed by atoms with E-state index in [-0.39, 0.29) is 11.8 Å². The zero-order valence-electron chi connectivity index (χ0n) is 13.2. The number of halogens is 2. The van der Waals surface area contributed by atoms with E-state index in [1.165, 1.54) is 0 Å². The molecule has 0 fully saturated rings. The number of hydrogen-bond donors (Lipinski definition) is 3. The van der Waals surface area contributed by atoms with Crippen LogP contribution in [0.2, 0.25) is 10.0 Å². The molecule has 3 amide bonds. The molecule has 0 aliphatic rings. The molecular formula is C17H17Cl2N3O2. The van der Waals surface area contributed by atoms with Crippen molar-refractivity contribution in [1.29, 1.82) is 0 Å². The van der Waals surface area contributed by atoms with Gasteiger partial charge in [0.25, 0.3) is 0 Å². The lowest BCUT2D eigenvalue weighted by Gasteiger charge is -2.11. The molecule has 2 aromatic carbocycles. The molecule has 7 heteroatoms. The number of anilines is 3. The third-order valence-corrected chi connectivity index (χ3v) is 3.64. The maximum absolute atomic E-state index is 12.1. The van der Waals surface area contributed by atoms with Crippen molar-refractivity contribution in [1.82, 2.24) is 0 Å². The molecule has 0 saturated heterocycles. The van der Waals surface area contributed by atoms with Crippen LogP contribution in [0.3, 0.4) is 0 Å². The van der Waals surface area contributed by atoms with E-state index < -0.39 is 6.03 Å². The molecule has 5 nitrogen and oxygen atoms in total. The molecule has 0 unspecified atom stereocenters. The molecule has 2 rings (SSSR count). The van der Waals surface area contributed by atoms with Crippen LogP contribution in [0.4, 0.5) is 21.9 Å². The van der Waals surface area contributed by atoms with Crippen molar-refractivity contribution < 1.29 is 9.59 Å². The highest BCUT2D eigenvalue weighted by Crippen LogP contribution is 2.25. The normalized spacial score (nSPS) is 10.4. The summed E-state index contributed by atoms with van der Waals surface area (Å²) in [5, 5.41) is 8.92. The van der Waals surface area contributed by atoms with Gasteiger partial charge < -0.3 is 16.0 Å². The molecule has 126 valence electrons. The highest BCUT2D eigenvalue weighted by molar-refractivity contribution is 6.36. The molecule has 0 atom stereocenters. The Kier molecular flexibility index (Phi) is 6.06. The summed E-state index contributed by atoms with van der Waals surface area (Å²) in [6.07, 6.45) is 0. The first-order chi connectivity index (χ1) is 11.3. The van der Waals surface area contributed by atoms with Gasteiger partial charge in [-0.1, -0.05) is 43.1 Å². The maximum Gasteiger partial charge on any atom is 0.323 e. The molecule has 0 bridgehead atoms.